The molecule has 1 aromatic heterocycles. The summed E-state index contributed by atoms with van der Waals surface area (Å²) in [5.74, 6) is 0.535. The first kappa shape index (κ1) is 14.6. The Morgan fingerprint density at radius 2 is 1.58 bits per heavy atom. The second-order valence-corrected chi connectivity index (χ2v) is 6.11. The lowest BCUT2D eigenvalue weighted by Crippen LogP contribution is -1.94. The van der Waals surface area contributed by atoms with Gasteiger partial charge in [0.15, 0.2) is 0 Å². The minimum atomic E-state index is 0.535. The lowest BCUT2D eigenvalue weighted by atomic mass is 9.93. The van der Waals surface area contributed by atoms with Crippen LogP contribution in [0.15, 0.2) is 54.6 Å². The van der Waals surface area contributed by atoms with E-state index in [0.29, 0.717) is 5.88 Å². The maximum Gasteiger partial charge on any atom is 0.233 e. The highest BCUT2D eigenvalue weighted by Gasteiger charge is 2.12. The van der Waals surface area contributed by atoms with Crippen molar-refractivity contribution in [2.24, 2.45) is 0 Å². The molecule has 0 radical (unpaired) electrons. The Balaban J connectivity index is 2.09. The Bertz CT molecular complexity index is 1070. The summed E-state index contributed by atoms with van der Waals surface area (Å²) in [5.41, 5.74) is 5.66. The summed E-state index contributed by atoms with van der Waals surface area (Å²) in [5, 5.41) is 12.1. The first-order valence-electron chi connectivity index (χ1n) is 7.98. The number of hydrogen-bond donors (Lipinski definition) is 0. The van der Waals surface area contributed by atoms with Crippen molar-refractivity contribution >= 4 is 21.7 Å². The lowest BCUT2D eigenvalue weighted by Gasteiger charge is -2.12. The van der Waals surface area contributed by atoms with Crippen LogP contribution in [0, 0.1) is 13.8 Å². The van der Waals surface area contributed by atoms with E-state index in [0.717, 1.165) is 16.5 Å². The average Bonchev–Trinajstić information content (AvgIpc) is 2.61. The number of methoxy groups -OCH3 is 1. The second-order valence-electron chi connectivity index (χ2n) is 6.11. The van der Waals surface area contributed by atoms with Gasteiger partial charge in [-0.1, -0.05) is 36.4 Å². The fraction of sp³-hybridized carbons (Fsp3) is 0.143. The lowest BCUT2D eigenvalue weighted by molar-refractivity contribution is 0.393. The molecule has 118 valence electrons. The van der Waals surface area contributed by atoms with Crippen LogP contribution in [0.25, 0.3) is 32.8 Å². The van der Waals surface area contributed by atoms with Crippen LogP contribution in [0.2, 0.25) is 0 Å². The molecule has 0 aliphatic rings. The third-order valence-electron chi connectivity index (χ3n) is 4.45. The van der Waals surface area contributed by atoms with E-state index in [1.165, 1.54) is 27.5 Å². The van der Waals surface area contributed by atoms with Crippen molar-refractivity contribution in [1.29, 1.82) is 0 Å². The molecule has 0 aliphatic carbocycles. The van der Waals surface area contributed by atoms with Gasteiger partial charge < -0.3 is 4.74 Å². The quantitative estimate of drug-likeness (QED) is 0.518. The van der Waals surface area contributed by atoms with Gasteiger partial charge in [0.2, 0.25) is 5.88 Å². The van der Waals surface area contributed by atoms with Gasteiger partial charge in [-0.2, -0.15) is 0 Å². The fourth-order valence-corrected chi connectivity index (χ4v) is 3.28. The van der Waals surface area contributed by atoms with Crippen molar-refractivity contribution in [1.82, 2.24) is 10.2 Å². The minimum Gasteiger partial charge on any atom is -0.480 e. The number of fused-ring (bicyclic) bond motifs is 2. The highest BCUT2D eigenvalue weighted by Crippen LogP contribution is 2.35. The smallest absolute Gasteiger partial charge is 0.233 e. The number of nitrogens with zero attached hydrogens (tertiary/aromatic N) is 2. The Morgan fingerprint density at radius 1 is 0.792 bits per heavy atom. The van der Waals surface area contributed by atoms with Crippen LogP contribution in [0.1, 0.15) is 11.1 Å². The van der Waals surface area contributed by atoms with Crippen molar-refractivity contribution in [3.63, 3.8) is 0 Å². The number of ether oxygens (including phenoxy) is 1. The average molecular weight is 314 g/mol. The third-order valence-corrected chi connectivity index (χ3v) is 4.45. The maximum absolute atomic E-state index is 5.22. The number of benzene rings is 3. The minimum absolute atomic E-state index is 0.535. The summed E-state index contributed by atoms with van der Waals surface area (Å²) < 4.78 is 5.22. The van der Waals surface area contributed by atoms with E-state index in [-0.39, 0.29) is 0 Å². The maximum atomic E-state index is 5.22. The molecule has 0 fully saturated rings. The predicted octanol–water partition coefficient (Wildman–Crippen LogP) is 5.08. The number of hydrogen-bond acceptors (Lipinski definition) is 3. The third kappa shape index (κ3) is 2.29. The van der Waals surface area contributed by atoms with Crippen LogP contribution in [0.4, 0.5) is 0 Å². The molecule has 3 aromatic carbocycles. The van der Waals surface area contributed by atoms with Gasteiger partial charge in [-0.25, -0.2) is 0 Å². The normalized spacial score (nSPS) is 11.1. The van der Waals surface area contributed by atoms with Gasteiger partial charge in [0.25, 0.3) is 0 Å². The van der Waals surface area contributed by atoms with Crippen molar-refractivity contribution in [3.8, 4) is 17.0 Å². The Kier molecular flexibility index (Phi) is 3.42. The van der Waals surface area contributed by atoms with E-state index in [4.69, 9.17) is 4.74 Å². The van der Waals surface area contributed by atoms with Crippen LogP contribution >= 0.6 is 0 Å². The van der Waals surface area contributed by atoms with Crippen LogP contribution in [-0.4, -0.2) is 17.3 Å². The zero-order valence-corrected chi connectivity index (χ0v) is 14.0. The molecule has 3 heteroatoms. The number of aryl methyl sites for hydroxylation is 2. The summed E-state index contributed by atoms with van der Waals surface area (Å²) >= 11 is 0. The molecule has 0 spiro atoms. The molecule has 0 atom stereocenters. The standard InChI is InChI=1S/C21H18N2O/c1-13-10-15-12-20(24-3)22-23-21(15)19(11-13)18-9-8-14(2)16-6-4-5-7-17(16)18/h4-12H,1-3H3. The molecule has 24 heavy (non-hydrogen) atoms. The molecule has 1 heterocycles. The van der Waals surface area contributed by atoms with Crippen LogP contribution in [-0.2, 0) is 0 Å². The van der Waals surface area contributed by atoms with E-state index in [2.05, 4.69) is 72.6 Å². The first-order valence-corrected chi connectivity index (χ1v) is 7.98. The molecular weight excluding hydrogens is 296 g/mol. The zero-order chi connectivity index (χ0) is 16.7. The Labute approximate surface area is 140 Å². The van der Waals surface area contributed by atoms with Crippen molar-refractivity contribution < 1.29 is 4.74 Å². The van der Waals surface area contributed by atoms with E-state index >= 15 is 0 Å². The van der Waals surface area contributed by atoms with Crippen LogP contribution in [0.5, 0.6) is 5.88 Å². The topological polar surface area (TPSA) is 35.0 Å². The molecule has 4 aromatic rings. The SMILES string of the molecule is COc1cc2cc(C)cc(-c3ccc(C)c4ccccc34)c2nn1. The summed E-state index contributed by atoms with van der Waals surface area (Å²) in [7, 11) is 1.61. The zero-order valence-electron chi connectivity index (χ0n) is 14.0. The van der Waals surface area contributed by atoms with Gasteiger partial charge in [0, 0.05) is 17.0 Å². The van der Waals surface area contributed by atoms with Crippen molar-refractivity contribution in [2.75, 3.05) is 7.11 Å². The molecule has 0 saturated heterocycles. The predicted molar refractivity (Wildman–Crippen MR) is 98.5 cm³/mol. The Morgan fingerprint density at radius 3 is 2.38 bits per heavy atom. The summed E-state index contributed by atoms with van der Waals surface area (Å²) in [4.78, 5) is 0. The summed E-state index contributed by atoms with van der Waals surface area (Å²) in [6.07, 6.45) is 0. The van der Waals surface area contributed by atoms with E-state index < -0.39 is 0 Å². The van der Waals surface area contributed by atoms with E-state index in [1.807, 2.05) is 6.07 Å². The second kappa shape index (κ2) is 5.60. The number of rotatable bonds is 2. The summed E-state index contributed by atoms with van der Waals surface area (Å²) in [6.45, 7) is 4.25. The highest BCUT2D eigenvalue weighted by molar-refractivity contribution is 6.05. The largest absolute Gasteiger partial charge is 0.480 e. The molecule has 0 amide bonds. The van der Waals surface area contributed by atoms with Gasteiger partial charge in [0.05, 0.1) is 7.11 Å². The van der Waals surface area contributed by atoms with Gasteiger partial charge in [-0.05, 0) is 53.4 Å². The Hall–Kier alpha value is -2.94. The number of aromatic nitrogens is 2. The molecule has 0 N–H and O–H groups in total. The molecule has 4 rings (SSSR count). The fourth-order valence-electron chi connectivity index (χ4n) is 3.28. The van der Waals surface area contributed by atoms with Crippen molar-refractivity contribution in [3.05, 3.63) is 65.7 Å². The van der Waals surface area contributed by atoms with E-state index in [1.54, 1.807) is 7.11 Å². The highest BCUT2D eigenvalue weighted by atomic mass is 16.5. The molecule has 0 aliphatic heterocycles. The van der Waals surface area contributed by atoms with Gasteiger partial charge >= 0.3 is 0 Å². The molecule has 0 saturated carbocycles. The molecule has 0 unspecified atom stereocenters. The van der Waals surface area contributed by atoms with Gasteiger partial charge in [0.1, 0.15) is 5.52 Å². The van der Waals surface area contributed by atoms with Crippen LogP contribution in [0.3, 0.4) is 0 Å². The van der Waals surface area contributed by atoms with Gasteiger partial charge in [-0.15, -0.1) is 10.2 Å². The first-order chi connectivity index (χ1) is 11.7. The van der Waals surface area contributed by atoms with E-state index in [9.17, 15) is 0 Å². The molecule has 3 nitrogen and oxygen atoms in total. The molecular formula is C21H18N2O. The van der Waals surface area contributed by atoms with Crippen LogP contribution < -0.4 is 4.74 Å². The molecule has 0 bridgehead atoms. The van der Waals surface area contributed by atoms with Gasteiger partial charge in [-0.3, -0.25) is 0 Å². The van der Waals surface area contributed by atoms with Crippen molar-refractivity contribution in [2.45, 2.75) is 13.8 Å². The monoisotopic (exact) mass is 314 g/mol. The summed E-state index contributed by atoms with van der Waals surface area (Å²) in [6, 6.07) is 19.1.